The van der Waals surface area contributed by atoms with Gasteiger partial charge in [-0.25, -0.2) is 0 Å². The van der Waals surface area contributed by atoms with Gasteiger partial charge in [-0.15, -0.1) is 0 Å². The molecule has 0 spiro atoms. The van der Waals surface area contributed by atoms with Gasteiger partial charge in [0.2, 0.25) is 0 Å². The standard InChI is InChI=1S/C14H18BNO2/c1-10-2-3-12(15(17)18)8-13(10)14-9-16-6-4-11(14)5-7-16/h2-3,8-9,11,17-18H,4-7H2,1H3. The predicted octanol–water partition coefficient (Wildman–Crippen LogP) is 0.741. The first-order valence-corrected chi connectivity index (χ1v) is 6.58. The summed E-state index contributed by atoms with van der Waals surface area (Å²) >= 11 is 0. The predicted molar refractivity (Wildman–Crippen MR) is 73.3 cm³/mol. The molecule has 0 radical (unpaired) electrons. The second-order valence-corrected chi connectivity index (χ2v) is 5.34. The largest absolute Gasteiger partial charge is 0.488 e. The summed E-state index contributed by atoms with van der Waals surface area (Å²) in [7, 11) is -1.38. The van der Waals surface area contributed by atoms with Gasteiger partial charge in [0.1, 0.15) is 0 Å². The zero-order valence-corrected chi connectivity index (χ0v) is 10.6. The molecular formula is C14H18BNO2. The number of hydrogen-bond donors (Lipinski definition) is 2. The van der Waals surface area contributed by atoms with Gasteiger partial charge in [-0.1, -0.05) is 18.2 Å². The van der Waals surface area contributed by atoms with E-state index < -0.39 is 7.12 Å². The van der Waals surface area contributed by atoms with Crippen molar-refractivity contribution in [3.63, 3.8) is 0 Å². The van der Waals surface area contributed by atoms with E-state index in [-0.39, 0.29) is 0 Å². The number of benzene rings is 1. The lowest BCUT2D eigenvalue weighted by Crippen LogP contribution is -2.36. The molecule has 2 bridgehead atoms. The number of piperidine rings is 1. The molecule has 18 heavy (non-hydrogen) atoms. The Morgan fingerprint density at radius 3 is 2.50 bits per heavy atom. The van der Waals surface area contributed by atoms with Crippen molar-refractivity contribution in [1.82, 2.24) is 4.90 Å². The summed E-state index contributed by atoms with van der Waals surface area (Å²) in [6.45, 7) is 4.41. The Bertz CT molecular complexity index is 491. The second kappa shape index (κ2) is 4.45. The molecule has 1 aromatic carbocycles. The first-order valence-electron chi connectivity index (χ1n) is 6.58. The van der Waals surface area contributed by atoms with Crippen molar-refractivity contribution in [2.75, 3.05) is 13.1 Å². The number of hydrogen-bond acceptors (Lipinski definition) is 3. The van der Waals surface area contributed by atoms with E-state index in [2.05, 4.69) is 18.0 Å². The van der Waals surface area contributed by atoms with Gasteiger partial charge in [0.15, 0.2) is 0 Å². The fourth-order valence-corrected chi connectivity index (χ4v) is 3.04. The van der Waals surface area contributed by atoms with Crippen molar-refractivity contribution in [1.29, 1.82) is 0 Å². The van der Waals surface area contributed by atoms with Crippen LogP contribution < -0.4 is 5.46 Å². The topological polar surface area (TPSA) is 43.7 Å². The molecule has 1 fully saturated rings. The number of aryl methyl sites for hydroxylation is 1. The van der Waals surface area contributed by atoms with Gasteiger partial charge in [0.25, 0.3) is 0 Å². The maximum absolute atomic E-state index is 9.29. The van der Waals surface area contributed by atoms with E-state index >= 15 is 0 Å². The highest BCUT2D eigenvalue weighted by Crippen LogP contribution is 2.38. The van der Waals surface area contributed by atoms with Gasteiger partial charge in [-0.05, 0) is 47.8 Å². The van der Waals surface area contributed by atoms with E-state index in [1.807, 2.05) is 12.1 Å². The van der Waals surface area contributed by atoms with Crippen LogP contribution in [-0.4, -0.2) is 35.2 Å². The molecule has 3 aliphatic heterocycles. The lowest BCUT2D eigenvalue weighted by atomic mass is 9.75. The summed E-state index contributed by atoms with van der Waals surface area (Å²) in [4.78, 5) is 2.37. The zero-order chi connectivity index (χ0) is 12.7. The molecule has 0 aliphatic carbocycles. The van der Waals surface area contributed by atoms with Crippen LogP contribution in [0.25, 0.3) is 5.57 Å². The zero-order valence-electron chi connectivity index (χ0n) is 10.6. The van der Waals surface area contributed by atoms with Crippen molar-refractivity contribution in [2.24, 2.45) is 5.92 Å². The molecule has 3 nitrogen and oxygen atoms in total. The van der Waals surface area contributed by atoms with Crippen LogP contribution in [0.15, 0.2) is 24.4 Å². The molecule has 1 aromatic rings. The van der Waals surface area contributed by atoms with Crippen molar-refractivity contribution >= 4 is 18.2 Å². The van der Waals surface area contributed by atoms with Crippen LogP contribution in [0.5, 0.6) is 0 Å². The van der Waals surface area contributed by atoms with Gasteiger partial charge in [0.05, 0.1) is 0 Å². The van der Waals surface area contributed by atoms with Crippen LogP contribution >= 0.6 is 0 Å². The van der Waals surface area contributed by atoms with Gasteiger partial charge >= 0.3 is 7.12 Å². The number of nitrogens with zero attached hydrogens (tertiary/aromatic N) is 1. The third kappa shape index (κ3) is 1.96. The fraction of sp³-hybridized carbons (Fsp3) is 0.429. The number of fused-ring (bicyclic) bond motifs is 2. The molecule has 3 aliphatic rings. The highest BCUT2D eigenvalue weighted by molar-refractivity contribution is 6.58. The molecule has 2 N–H and O–H groups in total. The Morgan fingerprint density at radius 1 is 1.22 bits per heavy atom. The van der Waals surface area contributed by atoms with Crippen molar-refractivity contribution in [3.8, 4) is 0 Å². The van der Waals surface area contributed by atoms with E-state index in [1.165, 1.54) is 29.5 Å². The SMILES string of the molecule is Cc1ccc(B(O)O)cc1C1=CN2CCC1CC2. The average Bonchev–Trinajstić information content (AvgIpc) is 2.40. The minimum Gasteiger partial charge on any atom is -0.423 e. The summed E-state index contributed by atoms with van der Waals surface area (Å²) < 4.78 is 0. The summed E-state index contributed by atoms with van der Waals surface area (Å²) in [6.07, 6.45) is 4.70. The van der Waals surface area contributed by atoms with Crippen molar-refractivity contribution < 1.29 is 10.0 Å². The van der Waals surface area contributed by atoms with E-state index in [9.17, 15) is 10.0 Å². The van der Waals surface area contributed by atoms with Gasteiger partial charge in [0, 0.05) is 19.3 Å². The lowest BCUT2D eigenvalue weighted by molar-refractivity contribution is 0.252. The van der Waals surface area contributed by atoms with Gasteiger partial charge in [-0.2, -0.15) is 0 Å². The summed E-state index contributed by atoms with van der Waals surface area (Å²) in [5.74, 6) is 0.639. The van der Waals surface area contributed by atoms with Gasteiger partial charge < -0.3 is 14.9 Å². The van der Waals surface area contributed by atoms with E-state index in [4.69, 9.17) is 0 Å². The highest BCUT2D eigenvalue weighted by atomic mass is 16.4. The van der Waals surface area contributed by atoms with Gasteiger partial charge in [-0.3, -0.25) is 0 Å². The molecular weight excluding hydrogens is 225 g/mol. The van der Waals surface area contributed by atoms with Crippen LogP contribution in [0.3, 0.4) is 0 Å². The van der Waals surface area contributed by atoms with Crippen LogP contribution in [0.1, 0.15) is 24.0 Å². The average molecular weight is 243 g/mol. The Morgan fingerprint density at radius 2 is 1.94 bits per heavy atom. The Hall–Kier alpha value is -1.26. The van der Waals surface area contributed by atoms with Crippen LogP contribution in [-0.2, 0) is 0 Å². The molecule has 94 valence electrons. The smallest absolute Gasteiger partial charge is 0.423 e. The van der Waals surface area contributed by atoms with Crippen molar-refractivity contribution in [3.05, 3.63) is 35.5 Å². The third-order valence-corrected chi connectivity index (χ3v) is 4.16. The number of rotatable bonds is 2. The minimum atomic E-state index is -1.38. The van der Waals surface area contributed by atoms with E-state index in [0.717, 1.165) is 13.1 Å². The maximum atomic E-state index is 9.29. The summed E-state index contributed by atoms with van der Waals surface area (Å²) in [5, 5.41) is 18.6. The first-order chi connectivity index (χ1) is 8.65. The quantitative estimate of drug-likeness (QED) is 0.753. The lowest BCUT2D eigenvalue weighted by Gasteiger charge is -2.39. The molecule has 0 saturated carbocycles. The van der Waals surface area contributed by atoms with E-state index in [1.54, 1.807) is 6.07 Å². The molecule has 3 heterocycles. The normalized spacial score (nSPS) is 19.1. The molecule has 1 saturated heterocycles. The molecule has 4 heteroatoms. The molecule has 0 unspecified atom stereocenters. The first kappa shape index (κ1) is 11.8. The monoisotopic (exact) mass is 243 g/mol. The van der Waals surface area contributed by atoms with Crippen LogP contribution in [0.4, 0.5) is 0 Å². The highest BCUT2D eigenvalue weighted by Gasteiger charge is 2.28. The maximum Gasteiger partial charge on any atom is 0.488 e. The van der Waals surface area contributed by atoms with Crippen LogP contribution in [0.2, 0.25) is 0 Å². The Balaban J connectivity index is 2.03. The fourth-order valence-electron chi connectivity index (χ4n) is 3.04. The molecule has 0 atom stereocenters. The molecule has 0 aromatic heterocycles. The second-order valence-electron chi connectivity index (χ2n) is 5.34. The minimum absolute atomic E-state index is 0.577. The third-order valence-electron chi connectivity index (χ3n) is 4.16. The van der Waals surface area contributed by atoms with Crippen molar-refractivity contribution in [2.45, 2.75) is 19.8 Å². The number of allylic oxidation sites excluding steroid dienone is 1. The molecule has 0 amide bonds. The summed E-state index contributed by atoms with van der Waals surface area (Å²) in [5.41, 5.74) is 4.33. The molecule has 4 rings (SSSR count). The van der Waals surface area contributed by atoms with E-state index in [0.29, 0.717) is 11.4 Å². The summed E-state index contributed by atoms with van der Waals surface area (Å²) in [6, 6.07) is 5.68. The Kier molecular flexibility index (Phi) is 2.92. The van der Waals surface area contributed by atoms with Crippen LogP contribution in [0, 0.1) is 12.8 Å². The Labute approximate surface area is 108 Å².